The van der Waals surface area contributed by atoms with Gasteiger partial charge in [0.25, 0.3) is 0 Å². The van der Waals surface area contributed by atoms with Crippen molar-refractivity contribution in [2.75, 3.05) is 0 Å². The summed E-state index contributed by atoms with van der Waals surface area (Å²) in [6, 6.07) is 30.4. The second kappa shape index (κ2) is 6.60. The number of hydrogen-bond acceptors (Lipinski definition) is 0. The molecule has 116 valence electrons. The lowest BCUT2D eigenvalue weighted by atomic mass is 10.0. The summed E-state index contributed by atoms with van der Waals surface area (Å²) in [5, 5.41) is 4.06. The van der Waals surface area contributed by atoms with Crippen LogP contribution in [0.5, 0.6) is 0 Å². The highest BCUT2D eigenvalue weighted by atomic mass is 31.2. The zero-order valence-corrected chi connectivity index (χ0v) is 14.7. The fourth-order valence-corrected chi connectivity index (χ4v) is 6.45. The Bertz CT molecular complexity index is 773. The molecule has 0 saturated heterocycles. The van der Waals surface area contributed by atoms with Crippen LogP contribution in [0, 0.1) is 0 Å². The highest BCUT2D eigenvalue weighted by Gasteiger charge is 2.25. The summed E-state index contributed by atoms with van der Waals surface area (Å²) in [5.74, 6) is 0.486. The molecule has 1 heteroatoms. The summed E-state index contributed by atoms with van der Waals surface area (Å²) in [6.07, 6.45) is 4.83. The van der Waals surface area contributed by atoms with Crippen LogP contribution in [0.1, 0.15) is 25.3 Å². The molecule has 0 unspecified atom stereocenters. The van der Waals surface area contributed by atoms with E-state index in [0.29, 0.717) is 5.92 Å². The van der Waals surface area contributed by atoms with E-state index >= 15 is 0 Å². The maximum absolute atomic E-state index is 4.83. The standard InChI is InChI=1S/C22H23P/c1-18(2)21-16-10-11-17-22(21)23(3,19-12-6-4-7-13-19)20-14-8-5-9-15-20/h4-18H,3H2,1-2H3. The van der Waals surface area contributed by atoms with E-state index in [1.54, 1.807) is 0 Å². The number of rotatable bonds is 4. The fourth-order valence-electron chi connectivity index (χ4n) is 3.12. The van der Waals surface area contributed by atoms with Crippen LogP contribution in [0.3, 0.4) is 0 Å². The third-order valence-electron chi connectivity index (χ3n) is 4.36. The Morgan fingerprint density at radius 1 is 0.652 bits per heavy atom. The van der Waals surface area contributed by atoms with Crippen molar-refractivity contribution < 1.29 is 0 Å². The highest BCUT2D eigenvalue weighted by molar-refractivity contribution is 7.93. The van der Waals surface area contributed by atoms with Crippen LogP contribution >= 0.6 is 6.89 Å². The van der Waals surface area contributed by atoms with E-state index < -0.39 is 6.89 Å². The molecule has 0 saturated carbocycles. The van der Waals surface area contributed by atoms with Crippen molar-refractivity contribution in [2.24, 2.45) is 0 Å². The first-order chi connectivity index (χ1) is 11.1. The van der Waals surface area contributed by atoms with Gasteiger partial charge in [-0.25, -0.2) is 0 Å². The second-order valence-electron chi connectivity index (χ2n) is 6.19. The SMILES string of the molecule is C=P(c1ccccc1)(c1ccccc1)c1ccccc1C(C)C. The molecule has 0 spiro atoms. The molecule has 0 aromatic heterocycles. The molecule has 23 heavy (non-hydrogen) atoms. The zero-order valence-electron chi connectivity index (χ0n) is 13.8. The van der Waals surface area contributed by atoms with Gasteiger partial charge in [-0.05, 0) is 34.3 Å². The van der Waals surface area contributed by atoms with Gasteiger partial charge in [0.2, 0.25) is 0 Å². The first kappa shape index (κ1) is 15.8. The summed E-state index contributed by atoms with van der Waals surface area (Å²) in [4.78, 5) is 0. The van der Waals surface area contributed by atoms with Gasteiger partial charge in [-0.2, -0.15) is 0 Å². The van der Waals surface area contributed by atoms with E-state index in [0.717, 1.165) is 0 Å². The lowest BCUT2D eigenvalue weighted by Crippen LogP contribution is -2.28. The van der Waals surface area contributed by atoms with Crippen LogP contribution in [0.25, 0.3) is 0 Å². The van der Waals surface area contributed by atoms with Crippen molar-refractivity contribution in [3.63, 3.8) is 0 Å². The van der Waals surface area contributed by atoms with Crippen molar-refractivity contribution >= 4 is 29.1 Å². The zero-order chi connectivity index (χ0) is 16.3. The Labute approximate surface area is 139 Å². The quantitative estimate of drug-likeness (QED) is 0.620. The van der Waals surface area contributed by atoms with E-state index in [9.17, 15) is 0 Å². The van der Waals surface area contributed by atoms with Gasteiger partial charge in [-0.15, -0.1) is 0 Å². The Kier molecular flexibility index (Phi) is 4.55. The molecule has 0 radical (unpaired) electrons. The molecule has 0 fully saturated rings. The van der Waals surface area contributed by atoms with E-state index in [1.807, 2.05) is 0 Å². The van der Waals surface area contributed by atoms with Crippen LogP contribution in [-0.4, -0.2) is 6.30 Å². The Hall–Kier alpha value is -2.04. The van der Waals surface area contributed by atoms with Gasteiger partial charge in [-0.3, -0.25) is 0 Å². The summed E-state index contributed by atoms with van der Waals surface area (Å²) in [7, 11) is 0. The van der Waals surface area contributed by atoms with Crippen molar-refractivity contribution in [1.29, 1.82) is 0 Å². The summed E-state index contributed by atoms with van der Waals surface area (Å²) in [6.45, 7) is 2.66. The Morgan fingerprint density at radius 2 is 1.09 bits per heavy atom. The van der Waals surface area contributed by atoms with E-state index in [1.165, 1.54) is 21.5 Å². The average Bonchev–Trinajstić information content (AvgIpc) is 2.62. The fraction of sp³-hybridized carbons (Fsp3) is 0.136. The van der Waals surface area contributed by atoms with Gasteiger partial charge in [0, 0.05) is 0 Å². The van der Waals surface area contributed by atoms with Gasteiger partial charge in [0.05, 0.1) is 0 Å². The Balaban J connectivity index is 2.33. The molecule has 0 atom stereocenters. The minimum Gasteiger partial charge on any atom is -0.0887 e. The minimum absolute atomic E-state index is 0.486. The van der Waals surface area contributed by atoms with Crippen molar-refractivity contribution in [3.05, 3.63) is 90.5 Å². The van der Waals surface area contributed by atoms with Crippen LogP contribution in [-0.2, 0) is 0 Å². The molecule has 0 nitrogen and oxygen atoms in total. The summed E-state index contributed by atoms with van der Waals surface area (Å²) < 4.78 is 0. The lowest BCUT2D eigenvalue weighted by molar-refractivity contribution is 0.873. The molecule has 0 N–H and O–H groups in total. The highest BCUT2D eigenvalue weighted by Crippen LogP contribution is 2.43. The summed E-state index contributed by atoms with van der Waals surface area (Å²) >= 11 is 0. The molecular formula is C22H23P. The molecule has 0 bridgehead atoms. The third-order valence-corrected chi connectivity index (χ3v) is 7.95. The molecule has 3 rings (SSSR count). The van der Waals surface area contributed by atoms with Gasteiger partial charge in [0.15, 0.2) is 0 Å². The Morgan fingerprint density at radius 3 is 1.57 bits per heavy atom. The first-order valence-electron chi connectivity index (χ1n) is 8.08. The second-order valence-corrected chi connectivity index (χ2v) is 9.33. The van der Waals surface area contributed by atoms with Gasteiger partial charge >= 0.3 is 0 Å². The van der Waals surface area contributed by atoms with E-state index in [4.69, 9.17) is 6.30 Å². The molecule has 3 aromatic carbocycles. The van der Waals surface area contributed by atoms with E-state index in [-0.39, 0.29) is 0 Å². The molecule has 0 aliphatic carbocycles. The van der Waals surface area contributed by atoms with E-state index in [2.05, 4.69) is 98.8 Å². The van der Waals surface area contributed by atoms with Crippen molar-refractivity contribution in [2.45, 2.75) is 19.8 Å². The molecule has 0 heterocycles. The van der Waals surface area contributed by atoms with Crippen LogP contribution < -0.4 is 15.9 Å². The van der Waals surface area contributed by atoms with Gasteiger partial charge in [0.1, 0.15) is 0 Å². The molecule has 0 aliphatic rings. The number of hydrogen-bond donors (Lipinski definition) is 0. The van der Waals surface area contributed by atoms with Crippen molar-refractivity contribution in [3.8, 4) is 0 Å². The predicted octanol–water partition coefficient (Wildman–Crippen LogP) is 4.54. The third kappa shape index (κ3) is 2.92. The summed E-state index contributed by atoms with van der Waals surface area (Å²) in [5.41, 5.74) is 1.41. The van der Waals surface area contributed by atoms with Gasteiger partial charge in [-0.1, -0.05) is 105 Å². The predicted molar refractivity (Wildman–Crippen MR) is 106 cm³/mol. The minimum atomic E-state index is -1.87. The topological polar surface area (TPSA) is 0 Å². The van der Waals surface area contributed by atoms with Gasteiger partial charge < -0.3 is 0 Å². The lowest BCUT2D eigenvalue weighted by Gasteiger charge is -2.29. The molecule has 0 amide bonds. The maximum Gasteiger partial charge on any atom is -0.0131 e. The van der Waals surface area contributed by atoms with Crippen LogP contribution in [0.15, 0.2) is 84.9 Å². The molecule has 3 aromatic rings. The van der Waals surface area contributed by atoms with Crippen LogP contribution in [0.4, 0.5) is 0 Å². The number of benzene rings is 3. The maximum atomic E-state index is 4.83. The largest absolute Gasteiger partial charge is 0.0887 e. The molecular weight excluding hydrogens is 295 g/mol. The smallest absolute Gasteiger partial charge is 0.0131 e. The van der Waals surface area contributed by atoms with Crippen LogP contribution in [0.2, 0.25) is 0 Å². The molecule has 0 aliphatic heterocycles. The van der Waals surface area contributed by atoms with Crippen molar-refractivity contribution in [1.82, 2.24) is 0 Å². The normalized spacial score (nSPS) is 11.6. The first-order valence-corrected chi connectivity index (χ1v) is 10.1. The average molecular weight is 318 g/mol. The monoisotopic (exact) mass is 318 g/mol.